The Balaban J connectivity index is 0.000000531. The van der Waals surface area contributed by atoms with Gasteiger partial charge in [-0.1, -0.05) is 13.8 Å². The molecule has 15 heavy (non-hydrogen) atoms. The number of hydrogen-bond donors (Lipinski definition) is 0. The van der Waals surface area contributed by atoms with Gasteiger partial charge in [-0.05, 0) is 24.6 Å². The van der Waals surface area contributed by atoms with Gasteiger partial charge in [0, 0.05) is 5.56 Å². The molecule has 0 fully saturated rings. The number of aryl methyl sites for hydroxylation is 1. The van der Waals surface area contributed by atoms with Crippen LogP contribution in [0.2, 0.25) is 0 Å². The van der Waals surface area contributed by atoms with Crippen LogP contribution >= 0.6 is 0 Å². The molecule has 0 N–H and O–H groups in total. The number of rotatable bonds is 1. The molecule has 1 heterocycles. The summed E-state index contributed by atoms with van der Waals surface area (Å²) in [4.78, 5) is 0. The van der Waals surface area contributed by atoms with Crippen LogP contribution in [0.3, 0.4) is 0 Å². The van der Waals surface area contributed by atoms with Crippen LogP contribution in [0.15, 0.2) is 12.1 Å². The summed E-state index contributed by atoms with van der Waals surface area (Å²) in [6.45, 7) is 6.94. The van der Waals surface area contributed by atoms with E-state index in [2.05, 4.69) is 6.07 Å². The summed E-state index contributed by atoms with van der Waals surface area (Å²) in [5.41, 5.74) is 2.22. The number of fused-ring (bicyclic) bond motifs is 1. The first-order chi connectivity index (χ1) is 7.31. The van der Waals surface area contributed by atoms with Crippen molar-refractivity contribution in [2.45, 2.75) is 27.4 Å². The zero-order valence-corrected chi connectivity index (χ0v) is 9.79. The minimum Gasteiger partial charge on any atom is -0.493 e. The third-order valence-corrected chi connectivity index (χ3v) is 2.04. The summed E-state index contributed by atoms with van der Waals surface area (Å²) in [5.74, 6) is 1.61. The Morgan fingerprint density at radius 2 is 2.00 bits per heavy atom. The molecule has 1 aromatic rings. The average Bonchev–Trinajstić information content (AvgIpc) is 2.30. The highest BCUT2D eigenvalue weighted by atomic mass is 16.7. The molecular formula is C12H18O3. The summed E-state index contributed by atoms with van der Waals surface area (Å²) < 4.78 is 15.7. The summed E-state index contributed by atoms with van der Waals surface area (Å²) in [7, 11) is 1.65. The lowest BCUT2D eigenvalue weighted by molar-refractivity contribution is -0.0180. The van der Waals surface area contributed by atoms with E-state index >= 15 is 0 Å². The summed E-state index contributed by atoms with van der Waals surface area (Å²) in [6, 6.07) is 4.02. The minimum absolute atomic E-state index is 0.312. The van der Waals surface area contributed by atoms with Crippen LogP contribution in [0, 0.1) is 6.92 Å². The lowest BCUT2D eigenvalue weighted by atomic mass is 10.1. The minimum atomic E-state index is 0.312. The molecule has 0 spiro atoms. The lowest BCUT2D eigenvalue weighted by Crippen LogP contribution is -2.12. The third kappa shape index (κ3) is 2.63. The maximum atomic E-state index is 5.35. The average molecular weight is 210 g/mol. The first kappa shape index (κ1) is 11.9. The molecule has 84 valence electrons. The van der Waals surface area contributed by atoms with Crippen molar-refractivity contribution in [1.82, 2.24) is 0 Å². The molecule has 2 rings (SSSR count). The second kappa shape index (κ2) is 5.61. The molecule has 0 unspecified atom stereocenters. The molecule has 0 aromatic heterocycles. The zero-order chi connectivity index (χ0) is 11.3. The molecule has 1 aliphatic rings. The summed E-state index contributed by atoms with van der Waals surface area (Å²) in [6.07, 6.45) is 0. The number of benzene rings is 1. The predicted octanol–water partition coefficient (Wildman–Crippen LogP) is 2.90. The molecule has 0 aliphatic carbocycles. The monoisotopic (exact) mass is 210 g/mol. The molecule has 0 bridgehead atoms. The van der Waals surface area contributed by atoms with Gasteiger partial charge in [-0.25, -0.2) is 0 Å². The summed E-state index contributed by atoms with van der Waals surface area (Å²) >= 11 is 0. The van der Waals surface area contributed by atoms with E-state index in [0.29, 0.717) is 13.4 Å². The van der Waals surface area contributed by atoms with Crippen LogP contribution in [0.5, 0.6) is 11.5 Å². The molecule has 0 amide bonds. The molecule has 1 aliphatic heterocycles. The van der Waals surface area contributed by atoms with E-state index < -0.39 is 0 Å². The number of hydrogen-bond acceptors (Lipinski definition) is 3. The number of ether oxygens (including phenoxy) is 3. The Morgan fingerprint density at radius 1 is 1.27 bits per heavy atom. The van der Waals surface area contributed by atoms with Gasteiger partial charge in [0.2, 0.25) is 0 Å². The van der Waals surface area contributed by atoms with Gasteiger partial charge in [-0.2, -0.15) is 0 Å². The van der Waals surface area contributed by atoms with Crippen molar-refractivity contribution in [2.24, 2.45) is 0 Å². The highest BCUT2D eigenvalue weighted by Gasteiger charge is 2.15. The molecular weight excluding hydrogens is 192 g/mol. The van der Waals surface area contributed by atoms with Crippen molar-refractivity contribution in [3.63, 3.8) is 0 Å². The normalized spacial score (nSPS) is 13.1. The third-order valence-electron chi connectivity index (χ3n) is 2.04. The highest BCUT2D eigenvalue weighted by molar-refractivity contribution is 5.49. The van der Waals surface area contributed by atoms with E-state index in [-0.39, 0.29) is 0 Å². The molecule has 0 saturated carbocycles. The highest BCUT2D eigenvalue weighted by Crippen LogP contribution is 2.35. The SMILES string of the molecule is CC.COc1cc(C)cc2c1OCOC2. The first-order valence-electron chi connectivity index (χ1n) is 5.19. The van der Waals surface area contributed by atoms with E-state index in [4.69, 9.17) is 14.2 Å². The molecule has 3 nitrogen and oxygen atoms in total. The van der Waals surface area contributed by atoms with Crippen LogP contribution in [0.25, 0.3) is 0 Å². The fraction of sp³-hybridized carbons (Fsp3) is 0.500. The molecule has 3 heteroatoms. The Labute approximate surface area is 91.0 Å². The quantitative estimate of drug-likeness (QED) is 0.713. The topological polar surface area (TPSA) is 27.7 Å². The second-order valence-electron chi connectivity index (χ2n) is 3.07. The fourth-order valence-electron chi connectivity index (χ4n) is 1.49. The van der Waals surface area contributed by atoms with Crippen molar-refractivity contribution < 1.29 is 14.2 Å². The van der Waals surface area contributed by atoms with Gasteiger partial charge in [-0.3, -0.25) is 0 Å². The van der Waals surface area contributed by atoms with E-state index in [9.17, 15) is 0 Å². The Morgan fingerprint density at radius 3 is 2.67 bits per heavy atom. The molecule has 1 aromatic carbocycles. The Kier molecular flexibility index (Phi) is 4.43. The van der Waals surface area contributed by atoms with Gasteiger partial charge in [-0.15, -0.1) is 0 Å². The maximum Gasteiger partial charge on any atom is 0.189 e. The second-order valence-corrected chi connectivity index (χ2v) is 3.07. The zero-order valence-electron chi connectivity index (χ0n) is 9.79. The summed E-state index contributed by atoms with van der Waals surface area (Å²) in [5, 5.41) is 0. The van der Waals surface area contributed by atoms with Crippen LogP contribution in [-0.2, 0) is 11.3 Å². The van der Waals surface area contributed by atoms with Gasteiger partial charge in [0.05, 0.1) is 13.7 Å². The van der Waals surface area contributed by atoms with Crippen LogP contribution in [0.1, 0.15) is 25.0 Å². The standard InChI is InChI=1S/C10H12O3.C2H6/c1-7-3-8-5-12-6-13-10(8)9(4-7)11-2;1-2/h3-4H,5-6H2,1-2H3;1-2H3. The largest absolute Gasteiger partial charge is 0.493 e. The maximum absolute atomic E-state index is 5.35. The molecule has 0 atom stereocenters. The lowest BCUT2D eigenvalue weighted by Gasteiger charge is -2.20. The molecule has 0 radical (unpaired) electrons. The van der Waals surface area contributed by atoms with Crippen molar-refractivity contribution in [3.05, 3.63) is 23.3 Å². The predicted molar refractivity (Wildman–Crippen MR) is 59.4 cm³/mol. The smallest absolute Gasteiger partial charge is 0.189 e. The van der Waals surface area contributed by atoms with Crippen molar-refractivity contribution in [1.29, 1.82) is 0 Å². The fourth-order valence-corrected chi connectivity index (χ4v) is 1.49. The van der Waals surface area contributed by atoms with Crippen molar-refractivity contribution >= 4 is 0 Å². The van der Waals surface area contributed by atoms with Crippen molar-refractivity contribution in [2.75, 3.05) is 13.9 Å². The van der Waals surface area contributed by atoms with Gasteiger partial charge < -0.3 is 14.2 Å². The number of methoxy groups -OCH3 is 1. The first-order valence-corrected chi connectivity index (χ1v) is 5.19. The Bertz CT molecular complexity index is 304. The van der Waals surface area contributed by atoms with Crippen LogP contribution in [-0.4, -0.2) is 13.9 Å². The van der Waals surface area contributed by atoms with E-state index in [1.807, 2.05) is 26.8 Å². The van der Waals surface area contributed by atoms with E-state index in [0.717, 1.165) is 22.6 Å². The van der Waals surface area contributed by atoms with Gasteiger partial charge in [0.15, 0.2) is 18.3 Å². The van der Waals surface area contributed by atoms with Gasteiger partial charge >= 0.3 is 0 Å². The van der Waals surface area contributed by atoms with E-state index in [1.165, 1.54) is 0 Å². The Hall–Kier alpha value is -1.22. The van der Waals surface area contributed by atoms with Crippen molar-refractivity contribution in [3.8, 4) is 11.5 Å². The van der Waals surface area contributed by atoms with Gasteiger partial charge in [0.25, 0.3) is 0 Å². The van der Waals surface area contributed by atoms with Crippen LogP contribution < -0.4 is 9.47 Å². The van der Waals surface area contributed by atoms with Crippen LogP contribution in [0.4, 0.5) is 0 Å². The van der Waals surface area contributed by atoms with E-state index in [1.54, 1.807) is 7.11 Å². The van der Waals surface area contributed by atoms with Gasteiger partial charge in [0.1, 0.15) is 0 Å². The molecule has 0 saturated heterocycles.